The minimum atomic E-state index is -3.87. The van der Waals surface area contributed by atoms with Crippen LogP contribution in [0.1, 0.15) is 52.4 Å². The Bertz CT molecular complexity index is 1110. The normalized spacial score (nSPS) is 12.3. The lowest BCUT2D eigenvalue weighted by Crippen LogP contribution is -2.41. The highest BCUT2D eigenvalue weighted by molar-refractivity contribution is 7.91. The predicted octanol–water partition coefficient (Wildman–Crippen LogP) is 4.07. The molecule has 0 aliphatic carbocycles. The highest BCUT2D eigenvalue weighted by Crippen LogP contribution is 2.24. The summed E-state index contributed by atoms with van der Waals surface area (Å²) in [5, 5.41) is 10.8. The lowest BCUT2D eigenvalue weighted by atomic mass is 10.0. The molecular formula is C26H35NO7S. The molecule has 0 aliphatic heterocycles. The van der Waals surface area contributed by atoms with Gasteiger partial charge in [-0.3, -0.25) is 14.4 Å². The lowest BCUT2D eigenvalue weighted by molar-refractivity contribution is -0.144. The molecule has 0 spiro atoms. The molecule has 192 valence electrons. The summed E-state index contributed by atoms with van der Waals surface area (Å²) in [5.74, 6) is -3.52. The summed E-state index contributed by atoms with van der Waals surface area (Å²) in [7, 11) is -3.87. The van der Waals surface area contributed by atoms with Gasteiger partial charge in [-0.2, -0.15) is 0 Å². The van der Waals surface area contributed by atoms with E-state index >= 15 is 0 Å². The van der Waals surface area contributed by atoms with Crippen LogP contribution >= 0.6 is 0 Å². The van der Waals surface area contributed by atoms with Crippen molar-refractivity contribution in [1.29, 1.82) is 0 Å². The highest BCUT2D eigenvalue weighted by Gasteiger charge is 2.31. The fourth-order valence-corrected chi connectivity index (χ4v) is 5.51. The molecule has 2 aromatic rings. The van der Waals surface area contributed by atoms with Crippen LogP contribution in [0.15, 0.2) is 47.4 Å². The highest BCUT2D eigenvalue weighted by atomic mass is 32.2. The van der Waals surface area contributed by atoms with Gasteiger partial charge in [-0.25, -0.2) is 8.42 Å². The largest absolute Gasteiger partial charge is 0.481 e. The number of hydrogen-bond acceptors (Lipinski definition) is 6. The first-order chi connectivity index (χ1) is 16.7. The Balaban J connectivity index is 2.28. The number of carbonyl (C=O) groups excluding carboxylic acids is 2. The molecule has 2 rings (SSSR count). The Morgan fingerprint density at radius 2 is 1.69 bits per heavy atom. The number of carbonyl (C=O) groups is 3. The van der Waals surface area contributed by atoms with E-state index in [1.54, 1.807) is 19.1 Å². The summed E-state index contributed by atoms with van der Waals surface area (Å²) in [5.41, 5.74) is 0. The number of amides is 1. The first-order valence-electron chi connectivity index (χ1n) is 12.1. The van der Waals surface area contributed by atoms with Crippen LogP contribution in [0.2, 0.25) is 0 Å². The number of carboxylic acid groups (broad SMARTS) is 1. The quantitative estimate of drug-likeness (QED) is 0.286. The van der Waals surface area contributed by atoms with Gasteiger partial charge in [0.25, 0.3) is 0 Å². The van der Waals surface area contributed by atoms with Crippen LogP contribution in [0.25, 0.3) is 10.8 Å². The standard InChI is InChI=1S/C26H35NO7S/c1-3-5-8-16-27(17-15-25(30)34-4-2)26(31)22(12-14-24(28)29)19-35(32,33)23-13-11-20-9-6-7-10-21(20)18-23/h6-7,9-11,13,18,22H,3-5,8,12,14-17,19H2,1-2H3,(H,28,29). The van der Waals surface area contributed by atoms with E-state index in [-0.39, 0.29) is 37.3 Å². The number of aliphatic carboxylic acids is 1. The van der Waals surface area contributed by atoms with E-state index in [1.165, 1.54) is 11.0 Å². The second-order valence-corrected chi connectivity index (χ2v) is 10.5. The predicted molar refractivity (Wildman–Crippen MR) is 134 cm³/mol. The van der Waals surface area contributed by atoms with Crippen molar-refractivity contribution < 1.29 is 32.6 Å². The number of carboxylic acids is 1. The number of nitrogens with zero attached hydrogens (tertiary/aromatic N) is 1. The number of fused-ring (bicyclic) bond motifs is 1. The Hall–Kier alpha value is -2.94. The fourth-order valence-electron chi connectivity index (χ4n) is 3.90. The van der Waals surface area contributed by atoms with Crippen LogP contribution in [0, 0.1) is 5.92 Å². The van der Waals surface area contributed by atoms with E-state index in [9.17, 15) is 27.9 Å². The van der Waals surface area contributed by atoms with E-state index < -0.39 is 39.4 Å². The summed E-state index contributed by atoms with van der Waals surface area (Å²) in [4.78, 5) is 38.1. The molecule has 2 aromatic carbocycles. The van der Waals surface area contributed by atoms with Crippen LogP contribution in [0.3, 0.4) is 0 Å². The van der Waals surface area contributed by atoms with Crippen molar-refractivity contribution in [3.05, 3.63) is 42.5 Å². The first-order valence-corrected chi connectivity index (χ1v) is 13.7. The van der Waals surface area contributed by atoms with E-state index in [0.29, 0.717) is 13.0 Å². The zero-order valence-electron chi connectivity index (χ0n) is 20.4. The van der Waals surface area contributed by atoms with Gasteiger partial charge in [-0.15, -0.1) is 0 Å². The van der Waals surface area contributed by atoms with Gasteiger partial charge >= 0.3 is 11.9 Å². The van der Waals surface area contributed by atoms with Crippen molar-refractivity contribution in [2.75, 3.05) is 25.4 Å². The third-order valence-corrected chi connectivity index (χ3v) is 7.60. The molecule has 0 aromatic heterocycles. The Morgan fingerprint density at radius 1 is 0.971 bits per heavy atom. The van der Waals surface area contributed by atoms with Crippen molar-refractivity contribution >= 4 is 38.5 Å². The van der Waals surface area contributed by atoms with Gasteiger partial charge in [0.15, 0.2) is 9.84 Å². The minimum Gasteiger partial charge on any atom is -0.481 e. The summed E-state index contributed by atoms with van der Waals surface area (Å²) in [6.45, 7) is 4.42. The summed E-state index contributed by atoms with van der Waals surface area (Å²) < 4.78 is 31.5. The van der Waals surface area contributed by atoms with Gasteiger partial charge < -0.3 is 14.7 Å². The molecule has 1 atom stereocenters. The van der Waals surface area contributed by atoms with Crippen LogP contribution in [-0.2, 0) is 29.0 Å². The first kappa shape index (κ1) is 28.3. The third-order valence-electron chi connectivity index (χ3n) is 5.79. The minimum absolute atomic E-state index is 0.00518. The molecule has 0 saturated carbocycles. The summed E-state index contributed by atoms with van der Waals surface area (Å²) in [6, 6.07) is 12.2. The van der Waals surface area contributed by atoms with E-state index in [1.807, 2.05) is 31.2 Å². The Labute approximate surface area is 207 Å². The topological polar surface area (TPSA) is 118 Å². The molecule has 1 unspecified atom stereocenters. The van der Waals surface area contributed by atoms with E-state index in [2.05, 4.69) is 0 Å². The van der Waals surface area contributed by atoms with E-state index in [4.69, 9.17) is 4.74 Å². The molecule has 8 nitrogen and oxygen atoms in total. The SMILES string of the molecule is CCCCCN(CCC(=O)OCC)C(=O)C(CCC(=O)O)CS(=O)(=O)c1ccc2ccccc2c1. The Kier molecular flexibility index (Phi) is 11.2. The van der Waals surface area contributed by atoms with Crippen LogP contribution in [0.4, 0.5) is 0 Å². The molecule has 1 N–H and O–H groups in total. The average molecular weight is 506 g/mol. The number of ether oxygens (including phenoxy) is 1. The van der Waals surface area contributed by atoms with Crippen LogP contribution in [-0.4, -0.2) is 61.7 Å². The maximum absolute atomic E-state index is 13.5. The maximum Gasteiger partial charge on any atom is 0.307 e. The number of benzene rings is 2. The molecule has 0 fully saturated rings. The molecule has 1 amide bonds. The van der Waals surface area contributed by atoms with Crippen LogP contribution in [0.5, 0.6) is 0 Å². The number of esters is 1. The Morgan fingerprint density at radius 3 is 2.34 bits per heavy atom. The second-order valence-electron chi connectivity index (χ2n) is 8.51. The van der Waals surface area contributed by atoms with Crippen molar-refractivity contribution in [3.63, 3.8) is 0 Å². The molecule has 0 heterocycles. The molecular weight excluding hydrogens is 470 g/mol. The molecule has 0 bridgehead atoms. The van der Waals surface area contributed by atoms with Crippen LogP contribution < -0.4 is 0 Å². The van der Waals surface area contributed by atoms with Crippen molar-refractivity contribution in [3.8, 4) is 0 Å². The second kappa shape index (κ2) is 13.8. The van der Waals surface area contributed by atoms with Crippen molar-refractivity contribution in [2.24, 2.45) is 5.92 Å². The van der Waals surface area contributed by atoms with Gasteiger partial charge in [0.2, 0.25) is 5.91 Å². The molecule has 0 radical (unpaired) electrons. The van der Waals surface area contributed by atoms with Gasteiger partial charge in [-0.05, 0) is 42.7 Å². The number of rotatable bonds is 15. The zero-order chi connectivity index (χ0) is 25.8. The van der Waals surface area contributed by atoms with Gasteiger partial charge in [0.1, 0.15) is 0 Å². The van der Waals surface area contributed by atoms with Gasteiger partial charge in [0.05, 0.1) is 29.6 Å². The van der Waals surface area contributed by atoms with Crippen molar-refractivity contribution in [2.45, 2.75) is 57.3 Å². The molecule has 35 heavy (non-hydrogen) atoms. The summed E-state index contributed by atoms with van der Waals surface area (Å²) in [6.07, 6.45) is 2.06. The molecule has 0 aliphatic rings. The molecule has 0 saturated heterocycles. The fraction of sp³-hybridized carbons (Fsp3) is 0.500. The molecule has 9 heteroatoms. The van der Waals surface area contributed by atoms with E-state index in [0.717, 1.165) is 23.6 Å². The number of sulfone groups is 1. The maximum atomic E-state index is 13.5. The van der Waals surface area contributed by atoms with Crippen molar-refractivity contribution in [1.82, 2.24) is 4.90 Å². The number of unbranched alkanes of at least 4 members (excludes halogenated alkanes) is 2. The average Bonchev–Trinajstić information content (AvgIpc) is 2.83. The van der Waals surface area contributed by atoms with Gasteiger partial charge in [-0.1, -0.05) is 50.1 Å². The van der Waals surface area contributed by atoms with Gasteiger partial charge in [0, 0.05) is 19.5 Å². The monoisotopic (exact) mass is 505 g/mol. The lowest BCUT2D eigenvalue weighted by Gasteiger charge is -2.27. The summed E-state index contributed by atoms with van der Waals surface area (Å²) >= 11 is 0. The smallest absolute Gasteiger partial charge is 0.307 e. The number of hydrogen-bond donors (Lipinski definition) is 1. The zero-order valence-corrected chi connectivity index (χ0v) is 21.3. The third kappa shape index (κ3) is 8.98.